The van der Waals surface area contributed by atoms with Gasteiger partial charge >= 0.3 is 0 Å². The Balaban J connectivity index is 1.51. The number of ketones is 1. The summed E-state index contributed by atoms with van der Waals surface area (Å²) < 4.78 is 1.94. The van der Waals surface area contributed by atoms with Gasteiger partial charge in [0.25, 0.3) is 0 Å². The van der Waals surface area contributed by atoms with Crippen molar-refractivity contribution in [3.63, 3.8) is 0 Å². The molecular formula is C28H24N4O2. The molecule has 1 aliphatic heterocycles. The molecule has 2 aliphatic rings. The maximum atomic E-state index is 13.7. The molecule has 2 aromatic carbocycles. The quantitative estimate of drug-likeness (QED) is 0.448. The molecule has 0 bridgehead atoms. The fraction of sp³-hybridized carbons (Fsp3) is 0.179. The summed E-state index contributed by atoms with van der Waals surface area (Å²) in [5.74, 6) is 1.09. The molecule has 3 heterocycles. The molecule has 6 nitrogen and oxygen atoms in total. The van der Waals surface area contributed by atoms with E-state index in [1.54, 1.807) is 18.3 Å². The standard InChI is InChI=1S/C28H24N4O2/c1-17-25-26(19-6-5-13-29-16-19)27-23(30-28(25)32(31-17)21-7-3-2-4-8-21)14-20(15-24(27)34)18-9-11-22(33)12-10-18/h2-13,16,20,26,30,33H,14-15H2,1H3/t20-,26+/m0/s1. The number of nitrogens with one attached hydrogen (secondary N) is 1. The van der Waals surface area contributed by atoms with Gasteiger partial charge in [0.15, 0.2) is 5.78 Å². The number of rotatable bonds is 3. The van der Waals surface area contributed by atoms with Crippen molar-refractivity contribution in [2.75, 3.05) is 5.32 Å². The molecule has 4 aromatic rings. The average molecular weight is 449 g/mol. The Morgan fingerprint density at radius 3 is 2.50 bits per heavy atom. The molecule has 0 amide bonds. The Morgan fingerprint density at radius 2 is 1.76 bits per heavy atom. The number of nitrogens with zero attached hydrogens (tertiary/aromatic N) is 3. The third-order valence-corrected chi connectivity index (χ3v) is 6.84. The van der Waals surface area contributed by atoms with E-state index >= 15 is 0 Å². The maximum absolute atomic E-state index is 13.7. The van der Waals surface area contributed by atoms with Crippen LogP contribution < -0.4 is 5.32 Å². The lowest BCUT2D eigenvalue weighted by molar-refractivity contribution is -0.116. The van der Waals surface area contributed by atoms with Crippen LogP contribution in [0.15, 0.2) is 90.4 Å². The summed E-state index contributed by atoms with van der Waals surface area (Å²) in [5.41, 5.74) is 6.66. The number of benzene rings is 2. The van der Waals surface area contributed by atoms with Gasteiger partial charge in [-0.3, -0.25) is 9.78 Å². The monoisotopic (exact) mass is 448 g/mol. The second-order valence-electron chi connectivity index (χ2n) is 8.95. The Labute approximate surface area is 197 Å². The van der Waals surface area contributed by atoms with E-state index in [9.17, 15) is 9.90 Å². The van der Waals surface area contributed by atoms with Gasteiger partial charge in [0.05, 0.1) is 11.4 Å². The highest BCUT2D eigenvalue weighted by molar-refractivity contribution is 6.01. The molecule has 0 radical (unpaired) electrons. The number of aromatic nitrogens is 3. The molecule has 168 valence electrons. The van der Waals surface area contributed by atoms with E-state index in [1.807, 2.05) is 72.4 Å². The second-order valence-corrected chi connectivity index (χ2v) is 8.95. The number of aryl methyl sites for hydroxylation is 1. The largest absolute Gasteiger partial charge is 0.508 e. The summed E-state index contributed by atoms with van der Waals surface area (Å²) in [6.45, 7) is 2.00. The van der Waals surface area contributed by atoms with Crippen LogP contribution >= 0.6 is 0 Å². The van der Waals surface area contributed by atoms with Crippen LogP contribution in [0.25, 0.3) is 5.69 Å². The van der Waals surface area contributed by atoms with Crippen molar-refractivity contribution in [1.29, 1.82) is 0 Å². The number of aromatic hydroxyl groups is 1. The SMILES string of the molecule is Cc1nn(-c2ccccc2)c2c1[C@@H](c1cccnc1)C1=C(C[C@H](c3ccc(O)cc3)CC1=O)N2. The van der Waals surface area contributed by atoms with E-state index < -0.39 is 0 Å². The summed E-state index contributed by atoms with van der Waals surface area (Å²) in [7, 11) is 0. The molecule has 0 spiro atoms. The first-order valence-corrected chi connectivity index (χ1v) is 11.5. The Hall–Kier alpha value is -4.19. The summed E-state index contributed by atoms with van der Waals surface area (Å²) in [5, 5.41) is 18.2. The van der Waals surface area contributed by atoms with Gasteiger partial charge in [-0.15, -0.1) is 0 Å². The van der Waals surface area contributed by atoms with Crippen LogP contribution in [-0.2, 0) is 4.79 Å². The third kappa shape index (κ3) is 3.30. The molecule has 34 heavy (non-hydrogen) atoms. The molecule has 0 fully saturated rings. The van der Waals surface area contributed by atoms with Crippen molar-refractivity contribution in [2.45, 2.75) is 31.6 Å². The lowest BCUT2D eigenvalue weighted by Gasteiger charge is -2.35. The number of phenols is 1. The van der Waals surface area contributed by atoms with Crippen LogP contribution in [0.1, 0.15) is 47.1 Å². The van der Waals surface area contributed by atoms with Gasteiger partial charge in [0, 0.05) is 41.6 Å². The van der Waals surface area contributed by atoms with Crippen molar-refractivity contribution in [3.8, 4) is 11.4 Å². The van der Waals surface area contributed by atoms with Gasteiger partial charge in [-0.2, -0.15) is 5.10 Å². The van der Waals surface area contributed by atoms with E-state index in [1.165, 1.54) is 0 Å². The number of para-hydroxylation sites is 1. The van der Waals surface area contributed by atoms with Crippen molar-refractivity contribution in [2.24, 2.45) is 0 Å². The lowest BCUT2D eigenvalue weighted by Crippen LogP contribution is -2.30. The van der Waals surface area contributed by atoms with Crippen LogP contribution in [0, 0.1) is 6.92 Å². The highest BCUT2D eigenvalue weighted by Crippen LogP contribution is 2.49. The van der Waals surface area contributed by atoms with Crippen molar-refractivity contribution >= 4 is 11.6 Å². The fourth-order valence-corrected chi connectivity index (χ4v) is 5.29. The van der Waals surface area contributed by atoms with Gasteiger partial charge in [-0.1, -0.05) is 36.4 Å². The van der Waals surface area contributed by atoms with Crippen LogP contribution in [0.3, 0.4) is 0 Å². The molecule has 2 atom stereocenters. The number of carbonyl (C=O) groups excluding carboxylic acids is 1. The fourth-order valence-electron chi connectivity index (χ4n) is 5.29. The number of phenolic OH excluding ortho intramolecular Hbond substituents is 1. The zero-order valence-corrected chi connectivity index (χ0v) is 18.8. The Morgan fingerprint density at radius 1 is 0.971 bits per heavy atom. The van der Waals surface area contributed by atoms with Crippen LogP contribution in [0.5, 0.6) is 5.75 Å². The number of hydrogen-bond acceptors (Lipinski definition) is 5. The smallest absolute Gasteiger partial charge is 0.162 e. The zero-order valence-electron chi connectivity index (χ0n) is 18.8. The minimum absolute atomic E-state index is 0.0460. The normalized spacial score (nSPS) is 19.4. The molecule has 0 saturated heterocycles. The lowest BCUT2D eigenvalue weighted by atomic mass is 9.72. The van der Waals surface area contributed by atoms with Crippen LogP contribution in [-0.4, -0.2) is 25.7 Å². The van der Waals surface area contributed by atoms with E-state index in [0.29, 0.717) is 12.8 Å². The molecule has 0 saturated carbocycles. The first kappa shape index (κ1) is 20.4. The molecular weight excluding hydrogens is 424 g/mol. The highest BCUT2D eigenvalue weighted by Gasteiger charge is 2.41. The molecule has 0 unspecified atom stereocenters. The van der Waals surface area contributed by atoms with E-state index in [2.05, 4.69) is 10.3 Å². The summed E-state index contributed by atoms with van der Waals surface area (Å²) in [6.07, 6.45) is 4.75. The number of hydrogen-bond donors (Lipinski definition) is 2. The van der Waals surface area contributed by atoms with E-state index in [4.69, 9.17) is 5.10 Å². The van der Waals surface area contributed by atoms with Gasteiger partial charge in [-0.05, 0) is 60.7 Å². The second kappa shape index (κ2) is 7.99. The van der Waals surface area contributed by atoms with Crippen molar-refractivity contribution < 1.29 is 9.90 Å². The minimum atomic E-state index is -0.217. The third-order valence-electron chi connectivity index (χ3n) is 6.84. The molecule has 1 aliphatic carbocycles. The van der Waals surface area contributed by atoms with Gasteiger partial charge < -0.3 is 10.4 Å². The summed E-state index contributed by atoms with van der Waals surface area (Å²) >= 11 is 0. The summed E-state index contributed by atoms with van der Waals surface area (Å²) in [4.78, 5) is 18.0. The highest BCUT2D eigenvalue weighted by atomic mass is 16.3. The Bertz CT molecular complexity index is 1410. The predicted octanol–water partition coefficient (Wildman–Crippen LogP) is 5.24. The number of Topliss-reactive ketones (excluding diaryl/α,β-unsaturated/α-hetero) is 1. The zero-order chi connectivity index (χ0) is 23.2. The average Bonchev–Trinajstić information content (AvgIpc) is 3.20. The number of allylic oxidation sites excluding steroid dienone is 2. The molecule has 2 N–H and O–H groups in total. The van der Waals surface area contributed by atoms with E-state index in [0.717, 1.165) is 45.2 Å². The first-order valence-electron chi connectivity index (χ1n) is 11.5. The number of carbonyl (C=O) groups is 1. The molecule has 6 heteroatoms. The number of fused-ring (bicyclic) bond motifs is 1. The minimum Gasteiger partial charge on any atom is -0.508 e. The van der Waals surface area contributed by atoms with Crippen LogP contribution in [0.2, 0.25) is 0 Å². The maximum Gasteiger partial charge on any atom is 0.162 e. The molecule has 2 aromatic heterocycles. The number of anilines is 1. The summed E-state index contributed by atoms with van der Waals surface area (Å²) in [6, 6.07) is 21.2. The van der Waals surface area contributed by atoms with E-state index in [-0.39, 0.29) is 23.4 Å². The van der Waals surface area contributed by atoms with Gasteiger partial charge in [-0.25, -0.2) is 4.68 Å². The van der Waals surface area contributed by atoms with Gasteiger partial charge in [0.1, 0.15) is 11.6 Å². The van der Waals surface area contributed by atoms with Crippen LogP contribution in [0.4, 0.5) is 5.82 Å². The van der Waals surface area contributed by atoms with Gasteiger partial charge in [0.2, 0.25) is 0 Å². The Kier molecular flexibility index (Phi) is 4.80. The number of pyridine rings is 1. The predicted molar refractivity (Wildman–Crippen MR) is 130 cm³/mol. The van der Waals surface area contributed by atoms with Crippen molar-refractivity contribution in [3.05, 3.63) is 113 Å². The topological polar surface area (TPSA) is 80.0 Å². The molecule has 6 rings (SSSR count). The first-order chi connectivity index (χ1) is 16.6. The van der Waals surface area contributed by atoms with Crippen molar-refractivity contribution in [1.82, 2.24) is 14.8 Å².